The number of hydrogen-bond donors (Lipinski definition) is 0. The lowest BCUT2D eigenvalue weighted by Crippen LogP contribution is -2.10. The minimum atomic E-state index is -4.92. The molecule has 0 bridgehead atoms. The number of rotatable bonds is 1. The van der Waals surface area contributed by atoms with Crippen molar-refractivity contribution >= 4 is 6.22 Å². The van der Waals surface area contributed by atoms with Crippen molar-refractivity contribution in [1.82, 2.24) is 0 Å². The zero-order valence-electron chi connectivity index (χ0n) is 6.94. The normalized spacial score (nSPS) is 11.3. The van der Waals surface area contributed by atoms with Gasteiger partial charge in [0.25, 0.3) is 0 Å². The summed E-state index contributed by atoms with van der Waals surface area (Å²) in [6, 6.07) is 1.25. The Kier molecular flexibility index (Phi) is 2.92. The summed E-state index contributed by atoms with van der Waals surface area (Å²) in [6.45, 7) is 0. The highest BCUT2D eigenvalue weighted by Crippen LogP contribution is 2.36. The predicted molar refractivity (Wildman–Crippen MR) is 38.5 cm³/mol. The van der Waals surface area contributed by atoms with Crippen LogP contribution >= 0.6 is 0 Å². The smallest absolute Gasteiger partial charge is 0.400 e. The standard InChI is InChI=1S/C8H3F5O2/c9-4-1-2-6(15-7(10)14)5(3-4)8(11,12)13/h1-3H. The minimum absolute atomic E-state index is 0.109. The van der Waals surface area contributed by atoms with Crippen LogP contribution < -0.4 is 4.74 Å². The third kappa shape index (κ3) is 2.90. The molecule has 0 aliphatic carbocycles. The largest absolute Gasteiger partial charge is 0.500 e. The number of alkyl halides is 3. The van der Waals surface area contributed by atoms with Gasteiger partial charge in [-0.15, -0.1) is 4.39 Å². The summed E-state index contributed by atoms with van der Waals surface area (Å²) in [5.41, 5.74) is -1.55. The molecule has 0 aliphatic heterocycles. The number of benzene rings is 1. The van der Waals surface area contributed by atoms with Crippen molar-refractivity contribution < 1.29 is 31.5 Å². The van der Waals surface area contributed by atoms with E-state index in [-0.39, 0.29) is 6.07 Å². The van der Waals surface area contributed by atoms with Crippen molar-refractivity contribution in [3.05, 3.63) is 29.6 Å². The maximum absolute atomic E-state index is 12.5. The van der Waals surface area contributed by atoms with Crippen LogP contribution in [0.2, 0.25) is 0 Å². The Morgan fingerprint density at radius 2 is 1.87 bits per heavy atom. The van der Waals surface area contributed by atoms with Gasteiger partial charge in [0.1, 0.15) is 17.1 Å². The highest BCUT2D eigenvalue weighted by Gasteiger charge is 2.35. The molecule has 1 rings (SSSR count). The summed E-state index contributed by atoms with van der Waals surface area (Å²) < 4.78 is 64.4. The Labute approximate surface area is 80.3 Å². The van der Waals surface area contributed by atoms with Crippen molar-refractivity contribution in [2.24, 2.45) is 0 Å². The van der Waals surface area contributed by atoms with E-state index in [1.807, 2.05) is 0 Å². The average Bonchev–Trinajstić information content (AvgIpc) is 2.05. The third-order valence-corrected chi connectivity index (χ3v) is 1.44. The van der Waals surface area contributed by atoms with Gasteiger partial charge in [0.05, 0.1) is 0 Å². The first-order valence-corrected chi connectivity index (χ1v) is 3.55. The monoisotopic (exact) mass is 226 g/mol. The van der Waals surface area contributed by atoms with Crippen LogP contribution in [0.1, 0.15) is 5.56 Å². The lowest BCUT2D eigenvalue weighted by molar-refractivity contribution is -0.138. The number of ether oxygens (including phenoxy) is 1. The average molecular weight is 226 g/mol. The summed E-state index contributed by atoms with van der Waals surface area (Å²) in [7, 11) is 0. The Morgan fingerprint density at radius 1 is 1.27 bits per heavy atom. The van der Waals surface area contributed by atoms with E-state index in [9.17, 15) is 26.7 Å². The first-order valence-electron chi connectivity index (χ1n) is 3.55. The number of carbonyl (C=O) groups excluding carboxylic acids is 1. The molecule has 0 amide bonds. The summed E-state index contributed by atoms with van der Waals surface area (Å²) in [5, 5.41) is 0. The number of hydrogen-bond acceptors (Lipinski definition) is 2. The Hall–Kier alpha value is -1.66. The van der Waals surface area contributed by atoms with Crippen LogP contribution in [-0.2, 0) is 6.18 Å². The van der Waals surface area contributed by atoms with E-state index in [0.29, 0.717) is 12.1 Å². The molecule has 0 N–H and O–H groups in total. The topological polar surface area (TPSA) is 26.3 Å². The van der Waals surface area contributed by atoms with Crippen molar-refractivity contribution in [3.8, 4) is 5.75 Å². The summed E-state index contributed by atoms with van der Waals surface area (Å²) in [4.78, 5) is 9.83. The molecular formula is C8H3F5O2. The molecule has 0 saturated heterocycles. The Bertz CT molecular complexity index is 385. The van der Waals surface area contributed by atoms with E-state index in [2.05, 4.69) is 4.74 Å². The number of halogens is 5. The number of carbonyl (C=O) groups is 1. The fourth-order valence-corrected chi connectivity index (χ4v) is 0.899. The van der Waals surface area contributed by atoms with Crippen LogP contribution in [0, 0.1) is 5.82 Å². The summed E-state index contributed by atoms with van der Waals surface area (Å²) in [5.74, 6) is -2.24. The third-order valence-electron chi connectivity index (χ3n) is 1.44. The van der Waals surface area contributed by atoms with Crippen LogP contribution in [0.25, 0.3) is 0 Å². The minimum Gasteiger partial charge on any atom is -0.400 e. The molecule has 0 aliphatic rings. The summed E-state index contributed by atoms with van der Waals surface area (Å²) >= 11 is 0. The Morgan fingerprint density at radius 3 is 2.33 bits per heavy atom. The van der Waals surface area contributed by atoms with Crippen LogP contribution in [0.3, 0.4) is 0 Å². The van der Waals surface area contributed by atoms with E-state index < -0.39 is 29.5 Å². The molecule has 7 heteroatoms. The lowest BCUT2D eigenvalue weighted by Gasteiger charge is -2.10. The van der Waals surface area contributed by atoms with Crippen molar-refractivity contribution in [2.75, 3.05) is 0 Å². The predicted octanol–water partition coefficient (Wildman–Crippen LogP) is 3.31. The fourth-order valence-electron chi connectivity index (χ4n) is 0.899. The molecule has 82 valence electrons. The van der Waals surface area contributed by atoms with Crippen LogP contribution in [0.4, 0.5) is 26.7 Å². The quantitative estimate of drug-likeness (QED) is 0.542. The molecule has 0 fully saturated rings. The molecule has 1 aromatic carbocycles. The maximum atomic E-state index is 12.5. The zero-order chi connectivity index (χ0) is 11.6. The van der Waals surface area contributed by atoms with E-state index in [1.54, 1.807) is 0 Å². The highest BCUT2D eigenvalue weighted by atomic mass is 19.4. The van der Waals surface area contributed by atoms with Gasteiger partial charge in [-0.3, -0.25) is 0 Å². The molecule has 0 unspecified atom stereocenters. The lowest BCUT2D eigenvalue weighted by atomic mass is 10.2. The van der Waals surface area contributed by atoms with Gasteiger partial charge in [-0.05, 0) is 18.2 Å². The van der Waals surface area contributed by atoms with E-state index in [1.165, 1.54) is 0 Å². The van der Waals surface area contributed by atoms with Gasteiger partial charge in [0.2, 0.25) is 0 Å². The van der Waals surface area contributed by atoms with E-state index >= 15 is 0 Å². The SMILES string of the molecule is O=C(F)Oc1ccc(F)cc1C(F)(F)F. The van der Waals surface area contributed by atoms with Crippen LogP contribution in [-0.4, -0.2) is 6.22 Å². The van der Waals surface area contributed by atoms with Gasteiger partial charge in [-0.25, -0.2) is 9.18 Å². The van der Waals surface area contributed by atoms with E-state index in [0.717, 1.165) is 0 Å². The molecule has 0 spiro atoms. The molecule has 1 aromatic rings. The first-order chi connectivity index (χ1) is 6.80. The molecule has 15 heavy (non-hydrogen) atoms. The van der Waals surface area contributed by atoms with Crippen molar-refractivity contribution in [3.63, 3.8) is 0 Å². The molecule has 0 heterocycles. The van der Waals surface area contributed by atoms with Gasteiger partial charge in [-0.1, -0.05) is 0 Å². The van der Waals surface area contributed by atoms with Crippen LogP contribution in [0.5, 0.6) is 5.75 Å². The second kappa shape index (κ2) is 3.84. The molecule has 0 radical (unpaired) electrons. The van der Waals surface area contributed by atoms with Gasteiger partial charge in [0, 0.05) is 0 Å². The van der Waals surface area contributed by atoms with Crippen LogP contribution in [0.15, 0.2) is 18.2 Å². The second-order valence-corrected chi connectivity index (χ2v) is 2.48. The zero-order valence-corrected chi connectivity index (χ0v) is 6.94. The van der Waals surface area contributed by atoms with Crippen molar-refractivity contribution in [1.29, 1.82) is 0 Å². The highest BCUT2D eigenvalue weighted by molar-refractivity contribution is 5.63. The molecule has 0 atom stereocenters. The van der Waals surface area contributed by atoms with Crippen molar-refractivity contribution in [2.45, 2.75) is 6.18 Å². The molecule has 0 aromatic heterocycles. The van der Waals surface area contributed by atoms with Gasteiger partial charge < -0.3 is 4.74 Å². The van der Waals surface area contributed by atoms with Gasteiger partial charge in [-0.2, -0.15) is 13.2 Å². The molecular weight excluding hydrogens is 223 g/mol. The summed E-state index contributed by atoms with van der Waals surface area (Å²) in [6.07, 6.45) is -7.32. The van der Waals surface area contributed by atoms with Gasteiger partial charge >= 0.3 is 12.4 Å². The maximum Gasteiger partial charge on any atom is 0.500 e. The molecule has 2 nitrogen and oxygen atoms in total. The molecule has 0 saturated carbocycles. The fraction of sp³-hybridized carbons (Fsp3) is 0.125. The van der Waals surface area contributed by atoms with E-state index in [4.69, 9.17) is 0 Å². The Balaban J connectivity index is 3.20. The van der Waals surface area contributed by atoms with Gasteiger partial charge in [0.15, 0.2) is 0 Å². The first kappa shape index (κ1) is 11.4. The second-order valence-electron chi connectivity index (χ2n) is 2.48.